The van der Waals surface area contributed by atoms with E-state index in [2.05, 4.69) is 185 Å². The first kappa shape index (κ1) is 29.0. The van der Waals surface area contributed by atoms with Crippen molar-refractivity contribution < 1.29 is 0 Å². The summed E-state index contributed by atoms with van der Waals surface area (Å²) in [6.07, 6.45) is 0. The Bertz CT molecular complexity index is 1860. The molecule has 0 aliphatic heterocycles. The molecular weight excluding hydrogens is 532 g/mol. The van der Waals surface area contributed by atoms with E-state index in [1.807, 2.05) is 0 Å². The van der Waals surface area contributed by atoms with Crippen molar-refractivity contribution in [2.75, 3.05) is 9.80 Å². The molecule has 0 aliphatic carbocycles. The number of hydrogen-bond donors (Lipinski definition) is 0. The zero-order chi connectivity index (χ0) is 30.8. The molecule has 2 heteroatoms. The molecule has 0 aromatic heterocycles. The molecule has 0 heterocycles. The van der Waals surface area contributed by atoms with E-state index >= 15 is 0 Å². The quantitative estimate of drug-likeness (QED) is 0.188. The van der Waals surface area contributed by atoms with Gasteiger partial charge in [0.15, 0.2) is 0 Å². The number of anilines is 6. The van der Waals surface area contributed by atoms with Gasteiger partial charge in [-0.05, 0) is 130 Å². The van der Waals surface area contributed by atoms with Crippen LogP contribution in [0.15, 0.2) is 133 Å². The molecule has 0 spiro atoms. The highest BCUT2D eigenvalue weighted by Gasteiger charge is 2.25. The van der Waals surface area contributed by atoms with Gasteiger partial charge in [-0.25, -0.2) is 0 Å². The molecule has 0 N–H and O–H groups in total. The van der Waals surface area contributed by atoms with Crippen molar-refractivity contribution in [1.29, 1.82) is 0 Å². The summed E-state index contributed by atoms with van der Waals surface area (Å²) in [4.78, 5) is 4.85. The first-order chi connectivity index (χ1) is 21.3. The van der Waals surface area contributed by atoms with Crippen molar-refractivity contribution in [3.05, 3.63) is 167 Å². The van der Waals surface area contributed by atoms with Crippen molar-refractivity contribution >= 4 is 34.1 Å². The van der Waals surface area contributed by atoms with Crippen molar-refractivity contribution in [3.8, 4) is 11.1 Å². The zero-order valence-electron chi connectivity index (χ0n) is 26.6. The van der Waals surface area contributed by atoms with Crippen molar-refractivity contribution in [1.82, 2.24) is 0 Å². The van der Waals surface area contributed by atoms with Crippen LogP contribution in [0.1, 0.15) is 33.4 Å². The monoisotopic (exact) mass is 572 g/mol. The third-order valence-electron chi connectivity index (χ3n) is 8.24. The highest BCUT2D eigenvalue weighted by molar-refractivity contribution is 5.95. The second kappa shape index (κ2) is 12.3. The number of aryl methyl sites for hydroxylation is 5. The molecule has 0 saturated heterocycles. The van der Waals surface area contributed by atoms with Crippen LogP contribution in [0, 0.1) is 41.5 Å². The molecule has 6 rings (SSSR count). The van der Waals surface area contributed by atoms with Crippen molar-refractivity contribution in [2.45, 2.75) is 41.5 Å². The van der Waals surface area contributed by atoms with E-state index in [9.17, 15) is 0 Å². The molecule has 0 bridgehead atoms. The van der Waals surface area contributed by atoms with Gasteiger partial charge in [0.25, 0.3) is 0 Å². The molecule has 0 aliphatic rings. The van der Waals surface area contributed by atoms with Crippen LogP contribution in [-0.4, -0.2) is 0 Å². The van der Waals surface area contributed by atoms with Crippen LogP contribution < -0.4 is 9.80 Å². The molecular formula is C42H40N2. The normalized spacial score (nSPS) is 11.0. The minimum atomic E-state index is 1.14. The number of hydrogen-bond acceptors (Lipinski definition) is 2. The summed E-state index contributed by atoms with van der Waals surface area (Å²) < 4.78 is 0. The van der Waals surface area contributed by atoms with E-state index in [1.165, 1.54) is 50.2 Å². The second-order valence-corrected chi connectivity index (χ2v) is 12.0. The predicted octanol–water partition coefficient (Wildman–Crippen LogP) is 12.1. The number of rotatable bonds is 7. The smallest absolute Gasteiger partial charge is 0.0590 e. The van der Waals surface area contributed by atoms with Gasteiger partial charge in [-0.3, -0.25) is 0 Å². The maximum absolute atomic E-state index is 2.45. The fraction of sp³-hybridized carbons (Fsp3) is 0.143. The van der Waals surface area contributed by atoms with Crippen LogP contribution in [0.3, 0.4) is 0 Å². The molecule has 0 amide bonds. The van der Waals surface area contributed by atoms with Crippen LogP contribution in [0.2, 0.25) is 0 Å². The van der Waals surface area contributed by atoms with E-state index in [4.69, 9.17) is 0 Å². The highest BCUT2D eigenvalue weighted by atomic mass is 15.2. The Morgan fingerprint density at radius 3 is 1.16 bits per heavy atom. The lowest BCUT2D eigenvalue weighted by Gasteiger charge is -2.34. The van der Waals surface area contributed by atoms with E-state index in [0.29, 0.717) is 0 Å². The number of nitrogens with zero attached hydrogens (tertiary/aromatic N) is 2. The van der Waals surface area contributed by atoms with Gasteiger partial charge < -0.3 is 9.80 Å². The Balaban J connectivity index is 1.70. The fourth-order valence-electron chi connectivity index (χ4n) is 6.17. The van der Waals surface area contributed by atoms with Crippen LogP contribution in [0.25, 0.3) is 11.1 Å². The molecule has 6 aromatic carbocycles. The van der Waals surface area contributed by atoms with Crippen LogP contribution in [0.4, 0.5) is 34.1 Å². The predicted molar refractivity (Wildman–Crippen MR) is 190 cm³/mol. The molecule has 0 atom stereocenters. The molecule has 0 fully saturated rings. The lowest BCUT2D eigenvalue weighted by molar-refractivity contribution is 1.20. The minimum Gasteiger partial charge on any atom is -0.310 e. The van der Waals surface area contributed by atoms with Gasteiger partial charge in [0.2, 0.25) is 0 Å². The average molecular weight is 573 g/mol. The average Bonchev–Trinajstić information content (AvgIpc) is 2.99. The maximum Gasteiger partial charge on any atom is 0.0590 e. The third kappa shape index (κ3) is 5.89. The number of benzene rings is 6. The SMILES string of the molecule is Cc1cccc(-c2ccc(N(c3cccc(C)c3)c3cccc(C)c3)c(C)c2N(c2cccc(C)c2)c2cccc(C)c2)c1. The molecule has 6 aromatic rings. The van der Waals surface area contributed by atoms with E-state index < -0.39 is 0 Å². The Morgan fingerprint density at radius 1 is 0.364 bits per heavy atom. The largest absolute Gasteiger partial charge is 0.310 e. The summed E-state index contributed by atoms with van der Waals surface area (Å²) >= 11 is 0. The summed E-state index contributed by atoms with van der Waals surface area (Å²) in [6.45, 7) is 13.1. The van der Waals surface area contributed by atoms with Crippen LogP contribution >= 0.6 is 0 Å². The second-order valence-electron chi connectivity index (χ2n) is 12.0. The van der Waals surface area contributed by atoms with Crippen molar-refractivity contribution in [3.63, 3.8) is 0 Å². The van der Waals surface area contributed by atoms with Gasteiger partial charge in [-0.1, -0.05) is 84.4 Å². The molecule has 0 saturated carbocycles. The van der Waals surface area contributed by atoms with Gasteiger partial charge >= 0.3 is 0 Å². The van der Waals surface area contributed by atoms with Crippen LogP contribution in [0.5, 0.6) is 0 Å². The molecule has 2 nitrogen and oxygen atoms in total. The Hall–Kier alpha value is -5.08. The topological polar surface area (TPSA) is 6.48 Å². The van der Waals surface area contributed by atoms with Gasteiger partial charge in [-0.2, -0.15) is 0 Å². The first-order valence-electron chi connectivity index (χ1n) is 15.4. The standard InChI is InChI=1S/C42H40N2/c1-29-12-7-17-35(24-29)40-22-23-41(43(36-18-8-13-30(2)25-36)37-19-9-14-31(3)26-37)34(6)42(40)44(38-20-10-15-32(4)27-38)39-21-11-16-33(5)28-39/h7-28H,1-6H3. The Morgan fingerprint density at radius 2 is 0.750 bits per heavy atom. The fourth-order valence-corrected chi connectivity index (χ4v) is 6.17. The van der Waals surface area contributed by atoms with Crippen LogP contribution in [-0.2, 0) is 0 Å². The van der Waals surface area contributed by atoms with E-state index in [1.54, 1.807) is 0 Å². The molecule has 0 radical (unpaired) electrons. The van der Waals surface area contributed by atoms with Gasteiger partial charge in [-0.15, -0.1) is 0 Å². The molecule has 218 valence electrons. The Labute approximate surface area is 262 Å². The lowest BCUT2D eigenvalue weighted by atomic mass is 9.95. The van der Waals surface area contributed by atoms with Crippen molar-refractivity contribution in [2.24, 2.45) is 0 Å². The van der Waals surface area contributed by atoms with Gasteiger partial charge in [0.1, 0.15) is 0 Å². The lowest BCUT2D eigenvalue weighted by Crippen LogP contribution is -2.17. The minimum absolute atomic E-state index is 1.14. The summed E-state index contributed by atoms with van der Waals surface area (Å²) in [5, 5.41) is 0. The van der Waals surface area contributed by atoms with Gasteiger partial charge in [0.05, 0.1) is 11.4 Å². The molecule has 0 unspecified atom stereocenters. The molecule has 44 heavy (non-hydrogen) atoms. The van der Waals surface area contributed by atoms with Gasteiger partial charge in [0, 0.05) is 28.3 Å². The summed E-state index contributed by atoms with van der Waals surface area (Å²) in [5.74, 6) is 0. The highest BCUT2D eigenvalue weighted by Crippen LogP contribution is 2.48. The Kier molecular flexibility index (Phi) is 8.09. The third-order valence-corrected chi connectivity index (χ3v) is 8.24. The zero-order valence-corrected chi connectivity index (χ0v) is 26.6. The summed E-state index contributed by atoms with van der Waals surface area (Å²) in [7, 11) is 0. The summed E-state index contributed by atoms with van der Waals surface area (Å²) in [6, 6.07) is 48.7. The van der Waals surface area contributed by atoms with E-state index in [-0.39, 0.29) is 0 Å². The maximum atomic E-state index is 2.45. The first-order valence-corrected chi connectivity index (χ1v) is 15.4. The summed E-state index contributed by atoms with van der Waals surface area (Å²) in [5.41, 5.74) is 16.7. The van der Waals surface area contributed by atoms with E-state index in [0.717, 1.165) is 28.4 Å².